The van der Waals surface area contributed by atoms with Gasteiger partial charge in [-0.15, -0.1) is 0 Å². The van der Waals surface area contributed by atoms with Crippen LogP contribution < -0.4 is 4.74 Å². The zero-order valence-corrected chi connectivity index (χ0v) is 14.4. The first-order valence-electron chi connectivity index (χ1n) is 8.01. The van der Waals surface area contributed by atoms with Gasteiger partial charge in [0.15, 0.2) is 0 Å². The Hall–Kier alpha value is -2.05. The molecule has 1 N–H and O–H groups in total. The second-order valence-corrected chi connectivity index (χ2v) is 6.24. The van der Waals surface area contributed by atoms with Gasteiger partial charge in [0.1, 0.15) is 11.6 Å². The number of carbonyl (C=O) groups is 1. The van der Waals surface area contributed by atoms with Gasteiger partial charge in [0.05, 0.1) is 19.2 Å². The van der Waals surface area contributed by atoms with Gasteiger partial charge in [-0.25, -0.2) is 4.98 Å². The summed E-state index contributed by atoms with van der Waals surface area (Å²) in [5, 5.41) is 0.559. The summed E-state index contributed by atoms with van der Waals surface area (Å²) >= 11 is 5.98. The van der Waals surface area contributed by atoms with Crippen LogP contribution in [0.5, 0.6) is 5.75 Å². The molecular formula is C17H21ClN4O2. The van der Waals surface area contributed by atoms with E-state index in [1.165, 1.54) is 0 Å². The molecule has 0 atom stereocenters. The molecule has 0 unspecified atom stereocenters. The topological polar surface area (TPSA) is 61.5 Å². The number of amides is 1. The molecule has 0 aliphatic carbocycles. The van der Waals surface area contributed by atoms with Gasteiger partial charge in [0.2, 0.25) is 0 Å². The molecule has 0 bridgehead atoms. The summed E-state index contributed by atoms with van der Waals surface area (Å²) < 4.78 is 5.31. The quantitative estimate of drug-likeness (QED) is 0.921. The number of aromatic amines is 1. The van der Waals surface area contributed by atoms with Crippen molar-refractivity contribution >= 4 is 17.5 Å². The van der Waals surface area contributed by atoms with Gasteiger partial charge in [-0.3, -0.25) is 9.69 Å². The Morgan fingerprint density at radius 1 is 1.33 bits per heavy atom. The van der Waals surface area contributed by atoms with Crippen LogP contribution in [-0.2, 0) is 6.54 Å². The van der Waals surface area contributed by atoms with Crippen LogP contribution in [-0.4, -0.2) is 59.0 Å². The van der Waals surface area contributed by atoms with Crippen molar-refractivity contribution < 1.29 is 9.53 Å². The molecule has 3 rings (SSSR count). The lowest BCUT2D eigenvalue weighted by Gasteiger charge is -2.22. The zero-order valence-electron chi connectivity index (χ0n) is 13.7. The minimum Gasteiger partial charge on any atom is -0.496 e. The number of carbonyl (C=O) groups excluding carboxylic acids is 1. The average Bonchev–Trinajstić information content (AvgIpc) is 2.98. The molecule has 7 heteroatoms. The molecule has 1 fully saturated rings. The Bertz CT molecular complexity index is 690. The number of benzene rings is 1. The second-order valence-electron chi connectivity index (χ2n) is 5.80. The Morgan fingerprint density at radius 2 is 2.21 bits per heavy atom. The summed E-state index contributed by atoms with van der Waals surface area (Å²) in [6, 6.07) is 5.13. The molecule has 1 aliphatic rings. The predicted octanol–water partition coefficient (Wildman–Crippen LogP) is 2.42. The fourth-order valence-corrected chi connectivity index (χ4v) is 3.10. The minimum absolute atomic E-state index is 0.0108. The van der Waals surface area contributed by atoms with Crippen molar-refractivity contribution in [1.82, 2.24) is 19.8 Å². The van der Waals surface area contributed by atoms with E-state index in [1.807, 2.05) is 11.1 Å². The van der Waals surface area contributed by atoms with Crippen molar-refractivity contribution in [3.63, 3.8) is 0 Å². The van der Waals surface area contributed by atoms with E-state index >= 15 is 0 Å². The van der Waals surface area contributed by atoms with Crippen LogP contribution in [0.3, 0.4) is 0 Å². The SMILES string of the molecule is COc1cc(Cl)ccc1C(=O)N1CCCN(Cc2ncc[nH]2)CC1. The van der Waals surface area contributed by atoms with Crippen molar-refractivity contribution in [2.45, 2.75) is 13.0 Å². The Labute approximate surface area is 146 Å². The molecule has 1 aromatic carbocycles. The number of aromatic nitrogens is 2. The molecule has 1 saturated heterocycles. The zero-order chi connectivity index (χ0) is 16.9. The van der Waals surface area contributed by atoms with Crippen molar-refractivity contribution in [3.8, 4) is 5.75 Å². The van der Waals surface area contributed by atoms with E-state index in [4.69, 9.17) is 16.3 Å². The predicted molar refractivity (Wildman–Crippen MR) is 92.4 cm³/mol. The highest BCUT2D eigenvalue weighted by atomic mass is 35.5. The smallest absolute Gasteiger partial charge is 0.257 e. The van der Waals surface area contributed by atoms with Gasteiger partial charge in [0, 0.05) is 43.6 Å². The highest BCUT2D eigenvalue weighted by Gasteiger charge is 2.23. The lowest BCUT2D eigenvalue weighted by Crippen LogP contribution is -2.35. The molecule has 1 aromatic heterocycles. The van der Waals surface area contributed by atoms with Crippen LogP contribution in [0.25, 0.3) is 0 Å². The number of hydrogen-bond acceptors (Lipinski definition) is 4. The fraction of sp³-hybridized carbons (Fsp3) is 0.412. The van der Waals surface area contributed by atoms with E-state index in [0.717, 1.165) is 38.4 Å². The lowest BCUT2D eigenvalue weighted by atomic mass is 10.1. The van der Waals surface area contributed by atoms with E-state index < -0.39 is 0 Å². The maximum absolute atomic E-state index is 12.8. The minimum atomic E-state index is -0.0108. The van der Waals surface area contributed by atoms with Gasteiger partial charge in [-0.1, -0.05) is 11.6 Å². The molecule has 128 valence electrons. The molecule has 0 spiro atoms. The fourth-order valence-electron chi connectivity index (χ4n) is 2.94. The first-order valence-corrected chi connectivity index (χ1v) is 8.38. The normalized spacial score (nSPS) is 16.0. The third-order valence-corrected chi connectivity index (χ3v) is 4.43. The van der Waals surface area contributed by atoms with Gasteiger partial charge >= 0.3 is 0 Å². The van der Waals surface area contributed by atoms with Crippen LogP contribution in [0.1, 0.15) is 22.6 Å². The number of rotatable bonds is 4. The summed E-state index contributed by atoms with van der Waals surface area (Å²) in [6.45, 7) is 3.97. The second kappa shape index (κ2) is 7.68. The first-order chi connectivity index (χ1) is 11.7. The summed E-state index contributed by atoms with van der Waals surface area (Å²) in [5.74, 6) is 1.46. The number of imidazole rings is 1. The number of H-pyrrole nitrogens is 1. The largest absolute Gasteiger partial charge is 0.496 e. The van der Waals surface area contributed by atoms with Gasteiger partial charge in [-0.05, 0) is 24.6 Å². The highest BCUT2D eigenvalue weighted by molar-refractivity contribution is 6.30. The Kier molecular flexibility index (Phi) is 5.37. The van der Waals surface area contributed by atoms with Crippen LogP contribution in [0, 0.1) is 0 Å². The first kappa shape index (κ1) is 16.8. The Balaban J connectivity index is 1.66. The van der Waals surface area contributed by atoms with Crippen molar-refractivity contribution in [3.05, 3.63) is 47.0 Å². The summed E-state index contributed by atoms with van der Waals surface area (Å²) in [4.78, 5) is 24.4. The standard InChI is InChI=1S/C17H21ClN4O2/c1-24-15-11-13(18)3-4-14(15)17(23)22-8-2-7-21(9-10-22)12-16-19-5-6-20-16/h3-6,11H,2,7-10,12H2,1H3,(H,19,20). The molecular weight excluding hydrogens is 328 g/mol. The third kappa shape index (κ3) is 3.88. The van der Waals surface area contributed by atoms with Crippen molar-refractivity contribution in [2.24, 2.45) is 0 Å². The number of ether oxygens (including phenoxy) is 1. The monoisotopic (exact) mass is 348 g/mol. The molecule has 6 nitrogen and oxygen atoms in total. The van der Waals surface area contributed by atoms with E-state index in [9.17, 15) is 4.79 Å². The average molecular weight is 349 g/mol. The number of nitrogens with one attached hydrogen (secondary N) is 1. The van der Waals surface area contributed by atoms with Crippen LogP contribution in [0.2, 0.25) is 5.02 Å². The number of halogens is 1. The highest BCUT2D eigenvalue weighted by Crippen LogP contribution is 2.25. The van der Waals surface area contributed by atoms with Crippen LogP contribution >= 0.6 is 11.6 Å². The molecule has 2 heterocycles. The molecule has 1 aliphatic heterocycles. The van der Waals surface area contributed by atoms with Gasteiger partial charge < -0.3 is 14.6 Å². The summed E-state index contributed by atoms with van der Waals surface area (Å²) in [7, 11) is 1.55. The van der Waals surface area contributed by atoms with Gasteiger partial charge in [-0.2, -0.15) is 0 Å². The third-order valence-electron chi connectivity index (χ3n) is 4.20. The van der Waals surface area contributed by atoms with E-state index in [-0.39, 0.29) is 5.91 Å². The number of hydrogen-bond donors (Lipinski definition) is 1. The van der Waals surface area contributed by atoms with E-state index in [0.29, 0.717) is 22.9 Å². The van der Waals surface area contributed by atoms with Crippen molar-refractivity contribution in [2.75, 3.05) is 33.3 Å². The van der Waals surface area contributed by atoms with Crippen LogP contribution in [0.4, 0.5) is 0 Å². The number of methoxy groups -OCH3 is 1. The van der Waals surface area contributed by atoms with Crippen molar-refractivity contribution in [1.29, 1.82) is 0 Å². The summed E-state index contributed by atoms with van der Waals surface area (Å²) in [6.07, 6.45) is 4.52. The molecule has 24 heavy (non-hydrogen) atoms. The molecule has 0 radical (unpaired) electrons. The number of nitrogens with zero attached hydrogens (tertiary/aromatic N) is 3. The lowest BCUT2D eigenvalue weighted by molar-refractivity contribution is 0.0757. The molecule has 2 aromatic rings. The molecule has 0 saturated carbocycles. The maximum atomic E-state index is 12.8. The van der Waals surface area contributed by atoms with Crippen LogP contribution in [0.15, 0.2) is 30.6 Å². The Morgan fingerprint density at radius 3 is 2.96 bits per heavy atom. The van der Waals surface area contributed by atoms with Gasteiger partial charge in [0.25, 0.3) is 5.91 Å². The van der Waals surface area contributed by atoms with E-state index in [1.54, 1.807) is 31.5 Å². The summed E-state index contributed by atoms with van der Waals surface area (Å²) in [5.41, 5.74) is 0.557. The van der Waals surface area contributed by atoms with E-state index in [2.05, 4.69) is 14.9 Å². The molecule has 1 amide bonds. The maximum Gasteiger partial charge on any atom is 0.257 e.